The third kappa shape index (κ3) is 5.98. The van der Waals surface area contributed by atoms with Gasteiger partial charge in [0.05, 0.1) is 18.7 Å². The Labute approximate surface area is 238 Å². The number of aromatic nitrogens is 1. The minimum Gasteiger partial charge on any atom is -0.468 e. The highest BCUT2D eigenvalue weighted by Crippen LogP contribution is 2.33. The monoisotopic (exact) mass is 580 g/mol. The number of alkyl halides is 3. The molecular formula is C30H27F3N4O5. The zero-order chi connectivity index (χ0) is 30.0. The topological polar surface area (TPSA) is 119 Å². The number of esters is 1. The van der Waals surface area contributed by atoms with Gasteiger partial charge in [-0.05, 0) is 42.0 Å². The molecule has 4 aromatic rings. The van der Waals surface area contributed by atoms with Gasteiger partial charge in [0.15, 0.2) is 5.58 Å². The number of methoxy groups -OCH3 is 1. The van der Waals surface area contributed by atoms with Gasteiger partial charge < -0.3 is 19.8 Å². The van der Waals surface area contributed by atoms with Gasteiger partial charge in [0.25, 0.3) is 5.91 Å². The van der Waals surface area contributed by atoms with Crippen molar-refractivity contribution in [3.05, 3.63) is 89.5 Å². The van der Waals surface area contributed by atoms with Crippen LogP contribution >= 0.6 is 0 Å². The summed E-state index contributed by atoms with van der Waals surface area (Å²) in [6.07, 6.45) is -4.65. The van der Waals surface area contributed by atoms with Crippen LogP contribution in [0.3, 0.4) is 0 Å². The van der Waals surface area contributed by atoms with E-state index in [2.05, 4.69) is 4.98 Å². The molecular weight excluding hydrogens is 553 g/mol. The number of benzene rings is 3. The van der Waals surface area contributed by atoms with E-state index in [4.69, 9.17) is 14.9 Å². The number of fused-ring (bicyclic) bond motifs is 1. The highest BCUT2D eigenvalue weighted by molar-refractivity contribution is 5.96. The van der Waals surface area contributed by atoms with E-state index in [0.29, 0.717) is 12.1 Å². The first-order valence-corrected chi connectivity index (χ1v) is 13.1. The van der Waals surface area contributed by atoms with Gasteiger partial charge in [0, 0.05) is 37.2 Å². The van der Waals surface area contributed by atoms with Crippen LogP contribution in [0.4, 0.5) is 13.2 Å². The summed E-state index contributed by atoms with van der Waals surface area (Å²) in [6, 6.07) is 17.1. The standard InChI is InChI=1S/C30H27F3N4O5/c1-41-29(40)26(18-6-3-2-4-7-18)36-12-13-37(22(17-36)16-25(34)38)28(39)20-9-5-8-19(14-20)27-35-23-15-21(30(31,32)33)10-11-24(23)42-27/h2-11,14-15,22,26H,12-13,16-17H2,1H3,(H2,34,38)/t22-,26-/m1/s1. The Morgan fingerprint density at radius 1 is 1.05 bits per heavy atom. The Balaban J connectivity index is 1.41. The van der Waals surface area contributed by atoms with Crippen LogP contribution in [0.15, 0.2) is 77.2 Å². The van der Waals surface area contributed by atoms with Crippen molar-refractivity contribution >= 4 is 28.9 Å². The summed E-state index contributed by atoms with van der Waals surface area (Å²) in [6.45, 7) is 0.710. The van der Waals surface area contributed by atoms with E-state index in [0.717, 1.165) is 17.7 Å². The van der Waals surface area contributed by atoms with Crippen LogP contribution < -0.4 is 5.73 Å². The second-order valence-corrected chi connectivity index (χ2v) is 9.93. The number of oxazole rings is 1. The van der Waals surface area contributed by atoms with Crippen LogP contribution in [-0.4, -0.2) is 65.4 Å². The molecule has 1 fully saturated rings. The Bertz CT molecular complexity index is 1620. The van der Waals surface area contributed by atoms with Crippen molar-refractivity contribution in [1.29, 1.82) is 0 Å². The van der Waals surface area contributed by atoms with Gasteiger partial charge in [-0.25, -0.2) is 9.78 Å². The molecule has 1 saturated heterocycles. The first-order valence-electron chi connectivity index (χ1n) is 13.1. The zero-order valence-electron chi connectivity index (χ0n) is 22.5. The molecule has 0 unspecified atom stereocenters. The lowest BCUT2D eigenvalue weighted by Crippen LogP contribution is -2.57. The number of rotatable bonds is 7. The maximum Gasteiger partial charge on any atom is 0.416 e. The minimum atomic E-state index is -4.52. The van der Waals surface area contributed by atoms with Crippen molar-refractivity contribution in [2.75, 3.05) is 26.7 Å². The van der Waals surface area contributed by atoms with Crippen molar-refractivity contribution in [2.24, 2.45) is 5.73 Å². The fourth-order valence-electron chi connectivity index (χ4n) is 5.21. The molecule has 12 heteroatoms. The molecule has 1 aliphatic heterocycles. The van der Waals surface area contributed by atoms with Crippen molar-refractivity contribution in [3.8, 4) is 11.5 Å². The third-order valence-corrected chi connectivity index (χ3v) is 7.19. The van der Waals surface area contributed by atoms with E-state index in [9.17, 15) is 27.6 Å². The first-order chi connectivity index (χ1) is 20.0. The highest BCUT2D eigenvalue weighted by Gasteiger charge is 2.38. The molecule has 0 aliphatic carbocycles. The fourth-order valence-corrected chi connectivity index (χ4v) is 5.21. The number of nitrogens with zero attached hydrogens (tertiary/aromatic N) is 3. The number of carbonyl (C=O) groups is 3. The van der Waals surface area contributed by atoms with Crippen molar-refractivity contribution < 1.29 is 36.7 Å². The van der Waals surface area contributed by atoms with Crippen molar-refractivity contribution in [2.45, 2.75) is 24.7 Å². The average Bonchev–Trinajstić information content (AvgIpc) is 3.41. The summed E-state index contributed by atoms with van der Waals surface area (Å²) in [5.74, 6) is -1.39. The van der Waals surface area contributed by atoms with Gasteiger partial charge in [0.2, 0.25) is 11.8 Å². The molecule has 0 spiro atoms. The molecule has 9 nitrogen and oxygen atoms in total. The molecule has 42 heavy (non-hydrogen) atoms. The number of carbonyl (C=O) groups excluding carboxylic acids is 3. The molecule has 2 atom stereocenters. The summed E-state index contributed by atoms with van der Waals surface area (Å²) in [5, 5.41) is 0. The molecule has 1 aromatic heterocycles. The smallest absolute Gasteiger partial charge is 0.416 e. The quantitative estimate of drug-likeness (QED) is 0.321. The Hall–Kier alpha value is -4.71. The van der Waals surface area contributed by atoms with Crippen LogP contribution in [0.5, 0.6) is 0 Å². The summed E-state index contributed by atoms with van der Waals surface area (Å²) in [5.41, 5.74) is 6.28. The van der Waals surface area contributed by atoms with Gasteiger partial charge >= 0.3 is 12.1 Å². The van der Waals surface area contributed by atoms with E-state index in [-0.39, 0.29) is 48.0 Å². The van der Waals surface area contributed by atoms with Gasteiger partial charge in [0.1, 0.15) is 11.6 Å². The van der Waals surface area contributed by atoms with E-state index < -0.39 is 35.7 Å². The SMILES string of the molecule is COC(=O)[C@@H](c1ccccc1)N1CCN(C(=O)c2cccc(-c3nc4cc(C(F)(F)F)ccc4o3)c2)[C@H](CC(N)=O)C1. The fraction of sp³-hybridized carbons (Fsp3) is 0.267. The molecule has 3 aromatic carbocycles. The van der Waals surface area contributed by atoms with E-state index in [1.165, 1.54) is 19.2 Å². The molecule has 2 amide bonds. The number of ether oxygens (including phenoxy) is 1. The number of nitrogens with two attached hydrogens (primary N) is 1. The molecule has 0 bridgehead atoms. The van der Waals surface area contributed by atoms with Crippen LogP contribution in [0.25, 0.3) is 22.6 Å². The highest BCUT2D eigenvalue weighted by atomic mass is 19.4. The molecule has 0 radical (unpaired) electrons. The molecule has 1 aliphatic rings. The molecule has 2 N–H and O–H groups in total. The van der Waals surface area contributed by atoms with Gasteiger partial charge in [-0.1, -0.05) is 36.4 Å². The maximum atomic E-state index is 13.7. The lowest BCUT2D eigenvalue weighted by Gasteiger charge is -2.43. The summed E-state index contributed by atoms with van der Waals surface area (Å²) in [7, 11) is 1.30. The Morgan fingerprint density at radius 2 is 1.81 bits per heavy atom. The van der Waals surface area contributed by atoms with Gasteiger partial charge in [-0.2, -0.15) is 13.2 Å². The number of halogens is 3. The number of primary amides is 1. The zero-order valence-corrected chi connectivity index (χ0v) is 22.5. The molecule has 5 rings (SSSR count). The molecule has 218 valence electrons. The number of hydrogen-bond donors (Lipinski definition) is 1. The lowest BCUT2D eigenvalue weighted by molar-refractivity contribution is -0.148. The number of hydrogen-bond acceptors (Lipinski definition) is 7. The second-order valence-electron chi connectivity index (χ2n) is 9.93. The number of piperazine rings is 1. The molecule has 0 saturated carbocycles. The first kappa shape index (κ1) is 28.8. The van der Waals surface area contributed by atoms with E-state index >= 15 is 0 Å². The largest absolute Gasteiger partial charge is 0.468 e. The average molecular weight is 581 g/mol. The minimum absolute atomic E-state index is 0.0350. The van der Waals surface area contributed by atoms with Crippen molar-refractivity contribution in [1.82, 2.24) is 14.8 Å². The third-order valence-electron chi connectivity index (χ3n) is 7.19. The van der Waals surface area contributed by atoms with Crippen LogP contribution in [-0.2, 0) is 20.5 Å². The van der Waals surface area contributed by atoms with Gasteiger partial charge in [-0.3, -0.25) is 14.5 Å². The summed E-state index contributed by atoms with van der Waals surface area (Å²) in [4.78, 5) is 46.1. The summed E-state index contributed by atoms with van der Waals surface area (Å²) >= 11 is 0. The van der Waals surface area contributed by atoms with Crippen LogP contribution in [0.1, 0.15) is 33.9 Å². The Kier molecular flexibility index (Phi) is 7.99. The van der Waals surface area contributed by atoms with Crippen LogP contribution in [0, 0.1) is 0 Å². The summed E-state index contributed by atoms with van der Waals surface area (Å²) < 4.78 is 50.1. The van der Waals surface area contributed by atoms with E-state index in [1.807, 2.05) is 35.2 Å². The maximum absolute atomic E-state index is 13.7. The molecule has 2 heterocycles. The predicted octanol–water partition coefficient (Wildman–Crippen LogP) is 4.43. The second kappa shape index (κ2) is 11.6. The van der Waals surface area contributed by atoms with Gasteiger partial charge in [-0.15, -0.1) is 0 Å². The predicted molar refractivity (Wildman–Crippen MR) is 146 cm³/mol. The van der Waals surface area contributed by atoms with E-state index in [1.54, 1.807) is 23.1 Å². The number of amides is 2. The normalized spacial score (nSPS) is 16.8. The Morgan fingerprint density at radius 3 is 2.50 bits per heavy atom. The van der Waals surface area contributed by atoms with Crippen molar-refractivity contribution in [3.63, 3.8) is 0 Å². The lowest BCUT2D eigenvalue weighted by atomic mass is 10.00. The van der Waals surface area contributed by atoms with Crippen LogP contribution in [0.2, 0.25) is 0 Å².